The van der Waals surface area contributed by atoms with Crippen LogP contribution >= 0.6 is 0 Å². The molecule has 0 aromatic carbocycles. The van der Waals surface area contributed by atoms with Crippen LogP contribution in [0.5, 0.6) is 0 Å². The van der Waals surface area contributed by atoms with Crippen molar-refractivity contribution in [2.45, 2.75) is 24.4 Å². The van der Waals surface area contributed by atoms with Crippen molar-refractivity contribution in [2.24, 2.45) is 0 Å². The molecule has 0 aliphatic carbocycles. The third kappa shape index (κ3) is 1.89. The monoisotopic (exact) mass is 290 g/mol. The van der Waals surface area contributed by atoms with Gasteiger partial charge >= 0.3 is 0 Å². The van der Waals surface area contributed by atoms with Crippen LogP contribution in [0.4, 0.5) is 11.8 Å². The van der Waals surface area contributed by atoms with Crippen LogP contribution in [0.25, 0.3) is 11.2 Å². The van der Waals surface area contributed by atoms with Gasteiger partial charge in [-0.3, -0.25) is 4.57 Å². The number of nitrogen functional groups attached to an aromatic ring is 2. The van der Waals surface area contributed by atoms with E-state index in [4.69, 9.17) is 22.6 Å². The summed E-state index contributed by atoms with van der Waals surface area (Å²) in [5, 5.41) is 19.4. The van der Waals surface area contributed by atoms with Crippen LogP contribution in [0.2, 0.25) is 0 Å². The predicted molar refractivity (Wildman–Crippen MR) is 73.5 cm³/mol. The Balaban J connectivity index is 2.05. The highest BCUT2D eigenvalue weighted by molar-refractivity contribution is 5.82. The standard InChI is InChI=1S/C12H14N6O3/c1-2-12(4-19)6(20)3-7(21-12)18-5-15-8-9(13)16-11(14)17-10(8)18/h1,5-7,19-20H,3-4H2,(H4,13,14,16,17)/t6-,7+,12+/m1/s1. The molecule has 0 saturated carbocycles. The van der Waals surface area contributed by atoms with E-state index in [1.807, 2.05) is 0 Å². The van der Waals surface area contributed by atoms with Gasteiger partial charge in [-0.25, -0.2) is 4.98 Å². The molecule has 6 N–H and O–H groups in total. The van der Waals surface area contributed by atoms with Gasteiger partial charge in [0.15, 0.2) is 17.1 Å². The van der Waals surface area contributed by atoms with Gasteiger partial charge in [0.2, 0.25) is 5.95 Å². The Morgan fingerprint density at radius 1 is 1.52 bits per heavy atom. The molecular weight excluding hydrogens is 276 g/mol. The minimum absolute atomic E-state index is 0.00525. The molecule has 3 atom stereocenters. The van der Waals surface area contributed by atoms with Crippen LogP contribution < -0.4 is 11.5 Å². The van der Waals surface area contributed by atoms with Gasteiger partial charge in [0, 0.05) is 6.42 Å². The topological polar surface area (TPSA) is 145 Å². The average Bonchev–Trinajstić information content (AvgIpc) is 3.00. The van der Waals surface area contributed by atoms with E-state index in [1.165, 1.54) is 6.33 Å². The van der Waals surface area contributed by atoms with Gasteiger partial charge < -0.3 is 26.4 Å². The second kappa shape index (κ2) is 4.56. The predicted octanol–water partition coefficient (Wildman–Crippen LogP) is -1.37. The van der Waals surface area contributed by atoms with Crippen molar-refractivity contribution in [3.8, 4) is 12.3 Å². The number of hydrogen-bond acceptors (Lipinski definition) is 8. The molecule has 21 heavy (non-hydrogen) atoms. The van der Waals surface area contributed by atoms with E-state index in [1.54, 1.807) is 4.57 Å². The highest BCUT2D eigenvalue weighted by atomic mass is 16.6. The normalized spacial score (nSPS) is 28.8. The third-order valence-electron chi connectivity index (χ3n) is 3.56. The van der Waals surface area contributed by atoms with E-state index < -0.39 is 24.5 Å². The molecule has 1 aliphatic rings. The van der Waals surface area contributed by atoms with Crippen LogP contribution in [0.3, 0.4) is 0 Å². The summed E-state index contributed by atoms with van der Waals surface area (Å²) in [6, 6.07) is 0. The Bertz CT molecular complexity index is 738. The largest absolute Gasteiger partial charge is 0.392 e. The number of nitrogens with two attached hydrogens (primary N) is 2. The molecule has 2 aromatic heterocycles. The first-order chi connectivity index (χ1) is 10.0. The van der Waals surface area contributed by atoms with Crippen LogP contribution in [0.15, 0.2) is 6.33 Å². The smallest absolute Gasteiger partial charge is 0.224 e. The number of nitrogens with zero attached hydrogens (tertiary/aromatic N) is 4. The molecular formula is C12H14N6O3. The number of ether oxygens (including phenoxy) is 1. The van der Waals surface area contributed by atoms with Crippen molar-refractivity contribution in [3.63, 3.8) is 0 Å². The molecule has 0 unspecified atom stereocenters. The highest BCUT2D eigenvalue weighted by Gasteiger charge is 2.47. The number of terminal acetylenes is 1. The van der Waals surface area contributed by atoms with Crippen molar-refractivity contribution < 1.29 is 14.9 Å². The molecule has 3 rings (SSSR count). The first-order valence-corrected chi connectivity index (χ1v) is 6.21. The Hall–Kier alpha value is -2.41. The lowest BCUT2D eigenvalue weighted by Crippen LogP contribution is -2.41. The average molecular weight is 290 g/mol. The summed E-state index contributed by atoms with van der Waals surface area (Å²) in [6.45, 7) is -0.493. The van der Waals surface area contributed by atoms with Crippen molar-refractivity contribution in [1.29, 1.82) is 0 Å². The number of rotatable bonds is 2. The molecule has 0 amide bonds. The second-order valence-corrected chi connectivity index (χ2v) is 4.81. The van der Waals surface area contributed by atoms with Crippen molar-refractivity contribution in [1.82, 2.24) is 19.5 Å². The Morgan fingerprint density at radius 2 is 2.29 bits per heavy atom. The summed E-state index contributed by atoms with van der Waals surface area (Å²) in [4.78, 5) is 12.0. The molecule has 0 bridgehead atoms. The second-order valence-electron chi connectivity index (χ2n) is 4.81. The zero-order valence-electron chi connectivity index (χ0n) is 11.0. The van der Waals surface area contributed by atoms with Crippen molar-refractivity contribution in [3.05, 3.63) is 6.33 Å². The van der Waals surface area contributed by atoms with Crippen molar-refractivity contribution in [2.75, 3.05) is 18.1 Å². The molecule has 0 radical (unpaired) electrons. The zero-order valence-corrected chi connectivity index (χ0v) is 11.0. The molecule has 9 heteroatoms. The molecule has 110 valence electrons. The molecule has 2 aromatic rings. The number of aliphatic hydroxyl groups is 2. The third-order valence-corrected chi connectivity index (χ3v) is 3.56. The summed E-state index contributed by atoms with van der Waals surface area (Å²) in [7, 11) is 0. The SMILES string of the molecule is C#C[C@@]1(CO)O[C@H](n2cnc3c(N)nc(N)nc32)C[C@H]1O. The molecule has 1 aliphatic heterocycles. The van der Waals surface area contributed by atoms with E-state index in [0.29, 0.717) is 11.2 Å². The number of aliphatic hydroxyl groups excluding tert-OH is 2. The lowest BCUT2D eigenvalue weighted by Gasteiger charge is -2.23. The highest BCUT2D eigenvalue weighted by Crippen LogP contribution is 2.37. The summed E-state index contributed by atoms with van der Waals surface area (Å²) < 4.78 is 7.19. The molecule has 3 heterocycles. The molecule has 0 spiro atoms. The summed E-state index contributed by atoms with van der Waals surface area (Å²) in [5.41, 5.74) is 10.6. The maximum atomic E-state index is 10.0. The van der Waals surface area contributed by atoms with E-state index in [-0.39, 0.29) is 18.2 Å². The summed E-state index contributed by atoms with van der Waals surface area (Å²) >= 11 is 0. The summed E-state index contributed by atoms with van der Waals surface area (Å²) in [6.07, 6.45) is 5.35. The van der Waals surface area contributed by atoms with E-state index in [0.717, 1.165) is 0 Å². The molecule has 1 fully saturated rings. The van der Waals surface area contributed by atoms with Gasteiger partial charge in [0.1, 0.15) is 17.8 Å². The Labute approximate surface area is 119 Å². The number of imidazole rings is 1. The van der Waals surface area contributed by atoms with E-state index in [2.05, 4.69) is 20.9 Å². The van der Waals surface area contributed by atoms with Crippen LogP contribution in [-0.2, 0) is 4.74 Å². The Kier molecular flexibility index (Phi) is 2.94. The van der Waals surface area contributed by atoms with Crippen LogP contribution in [0, 0.1) is 12.3 Å². The molecule has 1 saturated heterocycles. The van der Waals surface area contributed by atoms with Crippen LogP contribution in [0.1, 0.15) is 12.6 Å². The number of fused-ring (bicyclic) bond motifs is 1. The number of aromatic nitrogens is 4. The van der Waals surface area contributed by atoms with Gasteiger partial charge in [-0.05, 0) is 0 Å². The van der Waals surface area contributed by atoms with Gasteiger partial charge in [-0.1, -0.05) is 5.92 Å². The zero-order chi connectivity index (χ0) is 15.2. The fourth-order valence-corrected chi connectivity index (χ4v) is 2.41. The van der Waals surface area contributed by atoms with Gasteiger partial charge in [-0.15, -0.1) is 6.42 Å². The lowest BCUT2D eigenvalue weighted by molar-refractivity contribution is -0.0891. The quantitative estimate of drug-likeness (QED) is 0.496. The maximum absolute atomic E-state index is 10.0. The minimum atomic E-state index is -1.44. The minimum Gasteiger partial charge on any atom is -0.392 e. The van der Waals surface area contributed by atoms with Crippen LogP contribution in [-0.4, -0.2) is 48.0 Å². The van der Waals surface area contributed by atoms with Crippen molar-refractivity contribution >= 4 is 22.9 Å². The number of anilines is 2. The Morgan fingerprint density at radius 3 is 2.90 bits per heavy atom. The van der Waals surface area contributed by atoms with E-state index >= 15 is 0 Å². The van der Waals surface area contributed by atoms with Gasteiger partial charge in [-0.2, -0.15) is 9.97 Å². The fourth-order valence-electron chi connectivity index (χ4n) is 2.41. The van der Waals surface area contributed by atoms with Gasteiger partial charge in [0.05, 0.1) is 12.9 Å². The molecule has 9 nitrogen and oxygen atoms in total. The fraction of sp³-hybridized carbons (Fsp3) is 0.417. The first-order valence-electron chi connectivity index (χ1n) is 6.21. The summed E-state index contributed by atoms with van der Waals surface area (Å²) in [5.74, 6) is 2.46. The number of hydrogen-bond donors (Lipinski definition) is 4. The first kappa shape index (κ1) is 13.6. The lowest BCUT2D eigenvalue weighted by atomic mass is 9.99. The van der Waals surface area contributed by atoms with E-state index in [9.17, 15) is 10.2 Å². The van der Waals surface area contributed by atoms with Gasteiger partial charge in [0.25, 0.3) is 0 Å². The maximum Gasteiger partial charge on any atom is 0.224 e.